The van der Waals surface area contributed by atoms with E-state index in [-0.39, 0.29) is 0 Å². The Morgan fingerprint density at radius 3 is 2.80 bits per heavy atom. The van der Waals surface area contributed by atoms with Crippen LogP contribution in [0.15, 0.2) is 24.4 Å². The zero-order chi connectivity index (χ0) is 14.0. The molecular weight excluding hydrogens is 248 g/mol. The van der Waals surface area contributed by atoms with Crippen molar-refractivity contribution >= 4 is 11.6 Å². The number of hydrogen-bond acceptors (Lipinski definition) is 3. The van der Waals surface area contributed by atoms with E-state index in [2.05, 4.69) is 29.2 Å². The molecule has 1 saturated carbocycles. The Balaban J connectivity index is 1.70. The van der Waals surface area contributed by atoms with Crippen LogP contribution in [-0.4, -0.2) is 21.1 Å². The van der Waals surface area contributed by atoms with Crippen LogP contribution in [0, 0.1) is 11.3 Å². The molecular formula is C16H24N4. The van der Waals surface area contributed by atoms with Gasteiger partial charge in [-0.2, -0.15) is 4.98 Å². The molecule has 0 aromatic carbocycles. The fraction of sp³-hybridized carbons (Fsp3) is 0.625. The third-order valence-electron chi connectivity index (χ3n) is 4.37. The molecule has 0 bridgehead atoms. The van der Waals surface area contributed by atoms with Gasteiger partial charge in [-0.15, -0.1) is 5.10 Å². The van der Waals surface area contributed by atoms with E-state index in [1.165, 1.54) is 32.1 Å². The Labute approximate surface area is 120 Å². The largest absolute Gasteiger partial charge is 0.352 e. The van der Waals surface area contributed by atoms with Gasteiger partial charge in [0.15, 0.2) is 5.65 Å². The second-order valence-electron chi connectivity index (χ2n) is 6.60. The standard InChI is InChI=1S/C16H24N4/c1-13(2)11-16(8-4-5-9-16)12-17-15-18-14-7-3-6-10-20(14)19-15/h3,6-7,10,13H,4-5,8-9,11-12H2,1-2H3,(H,17,19). The highest BCUT2D eigenvalue weighted by Crippen LogP contribution is 2.43. The van der Waals surface area contributed by atoms with Gasteiger partial charge in [0.25, 0.3) is 0 Å². The number of pyridine rings is 1. The van der Waals surface area contributed by atoms with Crippen molar-refractivity contribution in [3.05, 3.63) is 24.4 Å². The third-order valence-corrected chi connectivity index (χ3v) is 4.37. The van der Waals surface area contributed by atoms with Crippen molar-refractivity contribution in [3.63, 3.8) is 0 Å². The van der Waals surface area contributed by atoms with Crippen molar-refractivity contribution in [2.45, 2.75) is 46.0 Å². The fourth-order valence-corrected chi connectivity index (χ4v) is 3.62. The highest BCUT2D eigenvalue weighted by atomic mass is 15.3. The van der Waals surface area contributed by atoms with Gasteiger partial charge >= 0.3 is 0 Å². The van der Waals surface area contributed by atoms with Gasteiger partial charge in [0.1, 0.15) is 0 Å². The summed E-state index contributed by atoms with van der Waals surface area (Å²) >= 11 is 0. The summed E-state index contributed by atoms with van der Waals surface area (Å²) in [5.41, 5.74) is 1.35. The first-order chi connectivity index (χ1) is 9.67. The summed E-state index contributed by atoms with van der Waals surface area (Å²) in [6.07, 6.45) is 8.65. The lowest BCUT2D eigenvalue weighted by Crippen LogP contribution is -2.28. The molecule has 1 aliphatic carbocycles. The van der Waals surface area contributed by atoms with E-state index in [4.69, 9.17) is 0 Å². The van der Waals surface area contributed by atoms with Gasteiger partial charge in [0.2, 0.25) is 5.95 Å². The van der Waals surface area contributed by atoms with E-state index >= 15 is 0 Å². The maximum absolute atomic E-state index is 4.52. The van der Waals surface area contributed by atoms with Gasteiger partial charge in [-0.25, -0.2) is 4.52 Å². The number of fused-ring (bicyclic) bond motifs is 1. The Kier molecular flexibility index (Phi) is 3.64. The lowest BCUT2D eigenvalue weighted by molar-refractivity contribution is 0.252. The predicted molar refractivity (Wildman–Crippen MR) is 81.8 cm³/mol. The van der Waals surface area contributed by atoms with Crippen LogP contribution >= 0.6 is 0 Å². The summed E-state index contributed by atoms with van der Waals surface area (Å²) in [4.78, 5) is 4.52. The highest BCUT2D eigenvalue weighted by molar-refractivity contribution is 5.42. The number of aromatic nitrogens is 3. The van der Waals surface area contributed by atoms with E-state index in [0.29, 0.717) is 5.41 Å². The zero-order valence-corrected chi connectivity index (χ0v) is 12.5. The molecule has 0 saturated heterocycles. The van der Waals surface area contributed by atoms with Crippen LogP contribution in [0.4, 0.5) is 5.95 Å². The minimum atomic E-state index is 0.450. The van der Waals surface area contributed by atoms with Crippen molar-refractivity contribution in [1.29, 1.82) is 0 Å². The average molecular weight is 272 g/mol. The lowest BCUT2D eigenvalue weighted by Gasteiger charge is -2.30. The molecule has 1 N–H and O–H groups in total. The van der Waals surface area contributed by atoms with Crippen molar-refractivity contribution in [3.8, 4) is 0 Å². The van der Waals surface area contributed by atoms with Crippen LogP contribution in [0.2, 0.25) is 0 Å². The first-order valence-corrected chi connectivity index (χ1v) is 7.72. The minimum absolute atomic E-state index is 0.450. The maximum Gasteiger partial charge on any atom is 0.243 e. The van der Waals surface area contributed by atoms with Crippen LogP contribution in [0.5, 0.6) is 0 Å². The van der Waals surface area contributed by atoms with E-state index < -0.39 is 0 Å². The van der Waals surface area contributed by atoms with E-state index in [9.17, 15) is 0 Å². The molecule has 0 aliphatic heterocycles. The first-order valence-electron chi connectivity index (χ1n) is 7.72. The Bertz CT molecular complexity index is 534. The van der Waals surface area contributed by atoms with Gasteiger partial charge in [-0.05, 0) is 42.7 Å². The number of nitrogens with zero attached hydrogens (tertiary/aromatic N) is 3. The molecule has 2 aromatic rings. The Morgan fingerprint density at radius 1 is 1.30 bits per heavy atom. The number of rotatable bonds is 5. The topological polar surface area (TPSA) is 42.2 Å². The second kappa shape index (κ2) is 5.43. The summed E-state index contributed by atoms with van der Waals surface area (Å²) in [6.45, 7) is 5.65. The van der Waals surface area contributed by atoms with Gasteiger partial charge in [0, 0.05) is 12.7 Å². The molecule has 0 amide bonds. The summed E-state index contributed by atoms with van der Waals surface area (Å²) in [6, 6.07) is 5.95. The number of nitrogens with one attached hydrogen (secondary N) is 1. The second-order valence-corrected chi connectivity index (χ2v) is 6.60. The van der Waals surface area contributed by atoms with E-state index in [0.717, 1.165) is 24.1 Å². The molecule has 1 aliphatic rings. The van der Waals surface area contributed by atoms with Crippen molar-refractivity contribution in [2.24, 2.45) is 11.3 Å². The monoisotopic (exact) mass is 272 g/mol. The molecule has 0 atom stereocenters. The summed E-state index contributed by atoms with van der Waals surface area (Å²) in [5, 5.41) is 7.96. The van der Waals surface area contributed by atoms with Crippen molar-refractivity contribution < 1.29 is 0 Å². The van der Waals surface area contributed by atoms with E-state index in [1.54, 1.807) is 0 Å². The zero-order valence-electron chi connectivity index (χ0n) is 12.5. The minimum Gasteiger partial charge on any atom is -0.352 e. The van der Waals surface area contributed by atoms with Crippen LogP contribution < -0.4 is 5.32 Å². The summed E-state index contributed by atoms with van der Waals surface area (Å²) in [7, 11) is 0. The van der Waals surface area contributed by atoms with E-state index in [1.807, 2.05) is 28.9 Å². The normalized spacial score (nSPS) is 17.9. The average Bonchev–Trinajstić information content (AvgIpc) is 3.02. The predicted octanol–water partition coefficient (Wildman–Crippen LogP) is 3.75. The SMILES string of the molecule is CC(C)CC1(CNc2nc3ccccn3n2)CCCC1. The van der Waals surface area contributed by atoms with Gasteiger partial charge in [-0.1, -0.05) is 32.8 Å². The molecule has 0 spiro atoms. The van der Waals surface area contributed by atoms with Crippen molar-refractivity contribution in [2.75, 3.05) is 11.9 Å². The summed E-state index contributed by atoms with van der Waals surface area (Å²) < 4.78 is 1.83. The van der Waals surface area contributed by atoms with Gasteiger partial charge < -0.3 is 5.32 Å². The molecule has 4 nitrogen and oxygen atoms in total. The highest BCUT2D eigenvalue weighted by Gasteiger charge is 2.34. The third kappa shape index (κ3) is 2.79. The number of anilines is 1. The lowest BCUT2D eigenvalue weighted by atomic mass is 9.78. The van der Waals surface area contributed by atoms with Crippen molar-refractivity contribution in [1.82, 2.24) is 14.6 Å². The number of hydrogen-bond donors (Lipinski definition) is 1. The molecule has 2 heterocycles. The van der Waals surface area contributed by atoms with Crippen LogP contribution in [0.1, 0.15) is 46.0 Å². The molecule has 108 valence electrons. The molecule has 3 rings (SSSR count). The quantitative estimate of drug-likeness (QED) is 0.901. The molecule has 4 heteroatoms. The van der Waals surface area contributed by atoms with Gasteiger partial charge in [0.05, 0.1) is 0 Å². The smallest absolute Gasteiger partial charge is 0.243 e. The molecule has 0 radical (unpaired) electrons. The first kappa shape index (κ1) is 13.4. The molecule has 0 unspecified atom stereocenters. The maximum atomic E-state index is 4.52. The van der Waals surface area contributed by atoms with Crippen LogP contribution in [0.3, 0.4) is 0 Å². The van der Waals surface area contributed by atoms with Gasteiger partial charge in [-0.3, -0.25) is 0 Å². The molecule has 1 fully saturated rings. The van der Waals surface area contributed by atoms with Crippen LogP contribution in [0.25, 0.3) is 5.65 Å². The Morgan fingerprint density at radius 2 is 2.10 bits per heavy atom. The molecule has 20 heavy (non-hydrogen) atoms. The van der Waals surface area contributed by atoms with Crippen LogP contribution in [-0.2, 0) is 0 Å². The molecule has 2 aromatic heterocycles. The summed E-state index contributed by atoms with van der Waals surface area (Å²) in [5.74, 6) is 1.51. The Hall–Kier alpha value is -1.58. The fourth-order valence-electron chi connectivity index (χ4n) is 3.62.